The fraction of sp³-hybridized carbons (Fsp3) is 0.158. The van der Waals surface area contributed by atoms with Crippen LogP contribution in [0.5, 0.6) is 5.75 Å². The average Bonchev–Trinajstić information content (AvgIpc) is 3.30. The maximum atomic E-state index is 10.4. The van der Waals surface area contributed by atoms with Gasteiger partial charge in [-0.3, -0.25) is 4.98 Å². The highest BCUT2D eigenvalue weighted by atomic mass is 16.5. The number of aromatic nitrogens is 4. The van der Waals surface area contributed by atoms with E-state index in [0.717, 1.165) is 28.2 Å². The van der Waals surface area contributed by atoms with Gasteiger partial charge in [0.1, 0.15) is 24.2 Å². The summed E-state index contributed by atoms with van der Waals surface area (Å²) in [5.41, 5.74) is 1.79. The quantitative estimate of drug-likeness (QED) is 0.568. The van der Waals surface area contributed by atoms with E-state index in [4.69, 9.17) is 4.74 Å². The number of nitrogens with one attached hydrogen (secondary N) is 1. The number of H-pyrrole nitrogens is 1. The second-order valence-electron chi connectivity index (χ2n) is 5.78. The monoisotopic (exact) mass is 334 g/mol. The molecule has 25 heavy (non-hydrogen) atoms. The van der Waals surface area contributed by atoms with E-state index in [1.807, 2.05) is 59.4 Å². The second-order valence-corrected chi connectivity index (χ2v) is 5.78. The summed E-state index contributed by atoms with van der Waals surface area (Å²) in [5, 5.41) is 11.4. The van der Waals surface area contributed by atoms with Gasteiger partial charge in [0.05, 0.1) is 6.54 Å². The van der Waals surface area contributed by atoms with E-state index < -0.39 is 6.10 Å². The molecular formula is C19H18N4O2. The van der Waals surface area contributed by atoms with Gasteiger partial charge >= 0.3 is 0 Å². The van der Waals surface area contributed by atoms with Crippen molar-refractivity contribution in [3.8, 4) is 17.3 Å². The standard InChI is InChI=1S/C19H18N4O2/c24-14(13-25-18-6-3-5-16-15(18)7-9-21-16)12-23-11-10-22-19(23)17-4-1-2-8-20-17/h1-11,14,21,24H,12-13H2. The number of ether oxygens (including phenoxy) is 1. The van der Waals surface area contributed by atoms with Gasteiger partial charge in [-0.05, 0) is 30.3 Å². The summed E-state index contributed by atoms with van der Waals surface area (Å²) in [4.78, 5) is 11.8. The normalized spacial score (nSPS) is 12.4. The molecule has 0 aliphatic rings. The van der Waals surface area contributed by atoms with Crippen molar-refractivity contribution >= 4 is 10.9 Å². The number of aliphatic hydroxyl groups is 1. The summed E-state index contributed by atoms with van der Waals surface area (Å²) in [6.07, 6.45) is 6.48. The van der Waals surface area contributed by atoms with E-state index >= 15 is 0 Å². The fourth-order valence-corrected chi connectivity index (χ4v) is 2.83. The first kappa shape index (κ1) is 15.4. The molecule has 4 rings (SSSR count). The summed E-state index contributed by atoms with van der Waals surface area (Å²) < 4.78 is 7.70. The average molecular weight is 334 g/mol. The second kappa shape index (κ2) is 6.78. The van der Waals surface area contributed by atoms with Crippen LogP contribution in [0.3, 0.4) is 0 Å². The molecule has 1 atom stereocenters. The molecule has 0 saturated carbocycles. The minimum absolute atomic E-state index is 0.199. The Morgan fingerprint density at radius 1 is 1.08 bits per heavy atom. The molecule has 0 aliphatic carbocycles. The van der Waals surface area contributed by atoms with Crippen LogP contribution in [-0.4, -0.2) is 37.3 Å². The van der Waals surface area contributed by atoms with Crippen molar-refractivity contribution < 1.29 is 9.84 Å². The molecule has 1 aromatic carbocycles. The Hall–Kier alpha value is -3.12. The van der Waals surface area contributed by atoms with Crippen molar-refractivity contribution in [2.45, 2.75) is 12.6 Å². The predicted octanol–water partition coefficient (Wildman–Crippen LogP) is 2.87. The molecule has 0 amide bonds. The number of aliphatic hydroxyl groups excluding tert-OH is 1. The number of nitrogens with zero attached hydrogens (tertiary/aromatic N) is 3. The Labute approximate surface area is 144 Å². The first-order chi connectivity index (χ1) is 12.3. The summed E-state index contributed by atoms with van der Waals surface area (Å²) in [6, 6.07) is 13.5. The third kappa shape index (κ3) is 3.25. The summed E-state index contributed by atoms with van der Waals surface area (Å²) in [5.74, 6) is 1.49. The fourth-order valence-electron chi connectivity index (χ4n) is 2.83. The molecule has 0 bridgehead atoms. The SMILES string of the molecule is OC(COc1cccc2[nH]ccc12)Cn1ccnc1-c1ccccn1. The third-order valence-corrected chi connectivity index (χ3v) is 4.00. The zero-order chi connectivity index (χ0) is 17.1. The lowest BCUT2D eigenvalue weighted by Gasteiger charge is -2.15. The van der Waals surface area contributed by atoms with Crippen LogP contribution in [0, 0.1) is 0 Å². The van der Waals surface area contributed by atoms with Gasteiger partial charge in [0.25, 0.3) is 0 Å². The Morgan fingerprint density at radius 3 is 2.92 bits per heavy atom. The highest BCUT2D eigenvalue weighted by Crippen LogP contribution is 2.24. The molecule has 2 N–H and O–H groups in total. The van der Waals surface area contributed by atoms with Gasteiger partial charge in [-0.25, -0.2) is 4.98 Å². The molecule has 1 unspecified atom stereocenters. The van der Waals surface area contributed by atoms with E-state index in [0.29, 0.717) is 6.54 Å². The van der Waals surface area contributed by atoms with Gasteiger partial charge in [-0.15, -0.1) is 0 Å². The van der Waals surface area contributed by atoms with Crippen molar-refractivity contribution in [3.63, 3.8) is 0 Å². The van der Waals surface area contributed by atoms with E-state index in [-0.39, 0.29) is 6.61 Å². The summed E-state index contributed by atoms with van der Waals surface area (Å²) >= 11 is 0. The van der Waals surface area contributed by atoms with Crippen LogP contribution in [0.4, 0.5) is 0 Å². The van der Waals surface area contributed by atoms with Crippen LogP contribution in [0.2, 0.25) is 0 Å². The van der Waals surface area contributed by atoms with Crippen molar-refractivity contribution in [1.82, 2.24) is 19.5 Å². The number of benzene rings is 1. The summed E-state index contributed by atoms with van der Waals surface area (Å²) in [7, 11) is 0. The zero-order valence-electron chi connectivity index (χ0n) is 13.5. The first-order valence-corrected chi connectivity index (χ1v) is 8.11. The molecule has 0 radical (unpaired) electrons. The molecule has 126 valence electrons. The smallest absolute Gasteiger partial charge is 0.158 e. The lowest BCUT2D eigenvalue weighted by atomic mass is 10.2. The van der Waals surface area contributed by atoms with Crippen molar-refractivity contribution in [1.29, 1.82) is 0 Å². The molecule has 3 aromatic heterocycles. The molecule has 0 saturated heterocycles. The third-order valence-electron chi connectivity index (χ3n) is 4.00. The number of fused-ring (bicyclic) bond motifs is 1. The lowest BCUT2D eigenvalue weighted by molar-refractivity contribution is 0.0936. The Bertz CT molecular complexity index is 962. The minimum Gasteiger partial charge on any atom is -0.490 e. The van der Waals surface area contributed by atoms with Crippen LogP contribution in [0.1, 0.15) is 0 Å². The van der Waals surface area contributed by atoms with Crippen LogP contribution in [0.15, 0.2) is 67.3 Å². The zero-order valence-corrected chi connectivity index (χ0v) is 13.5. The van der Waals surface area contributed by atoms with E-state index in [9.17, 15) is 5.11 Å². The first-order valence-electron chi connectivity index (χ1n) is 8.11. The van der Waals surface area contributed by atoms with Crippen LogP contribution < -0.4 is 4.74 Å². The van der Waals surface area contributed by atoms with Crippen molar-refractivity contribution in [2.24, 2.45) is 0 Å². The van der Waals surface area contributed by atoms with Crippen LogP contribution in [-0.2, 0) is 6.54 Å². The number of rotatable bonds is 6. The minimum atomic E-state index is -0.661. The Morgan fingerprint density at radius 2 is 2.04 bits per heavy atom. The molecule has 3 heterocycles. The van der Waals surface area contributed by atoms with Gasteiger partial charge in [0.15, 0.2) is 5.82 Å². The van der Waals surface area contributed by atoms with Crippen molar-refractivity contribution in [2.75, 3.05) is 6.61 Å². The number of aromatic amines is 1. The largest absolute Gasteiger partial charge is 0.490 e. The molecular weight excluding hydrogens is 316 g/mol. The van der Waals surface area contributed by atoms with Crippen LogP contribution in [0.25, 0.3) is 22.4 Å². The van der Waals surface area contributed by atoms with Gasteiger partial charge < -0.3 is 19.4 Å². The Kier molecular flexibility index (Phi) is 4.18. The highest BCUT2D eigenvalue weighted by molar-refractivity contribution is 5.85. The van der Waals surface area contributed by atoms with Gasteiger partial charge in [-0.2, -0.15) is 0 Å². The summed E-state index contributed by atoms with van der Waals surface area (Å²) in [6.45, 7) is 0.582. The molecule has 0 fully saturated rings. The van der Waals surface area contributed by atoms with Crippen molar-refractivity contribution in [3.05, 3.63) is 67.3 Å². The molecule has 6 nitrogen and oxygen atoms in total. The maximum absolute atomic E-state index is 10.4. The molecule has 6 heteroatoms. The molecule has 0 spiro atoms. The number of hydrogen-bond donors (Lipinski definition) is 2. The van der Waals surface area contributed by atoms with Gasteiger partial charge in [0, 0.05) is 35.7 Å². The van der Waals surface area contributed by atoms with Gasteiger partial charge in [0.2, 0.25) is 0 Å². The van der Waals surface area contributed by atoms with Gasteiger partial charge in [-0.1, -0.05) is 12.1 Å². The van der Waals surface area contributed by atoms with Crippen LogP contribution >= 0.6 is 0 Å². The van der Waals surface area contributed by atoms with E-state index in [2.05, 4.69) is 15.0 Å². The predicted molar refractivity (Wildman–Crippen MR) is 95.3 cm³/mol. The molecule has 0 aliphatic heterocycles. The maximum Gasteiger partial charge on any atom is 0.158 e. The number of imidazole rings is 1. The molecule has 4 aromatic rings. The lowest BCUT2D eigenvalue weighted by Crippen LogP contribution is -2.23. The highest BCUT2D eigenvalue weighted by Gasteiger charge is 2.13. The van der Waals surface area contributed by atoms with E-state index in [1.54, 1.807) is 12.4 Å². The van der Waals surface area contributed by atoms with E-state index in [1.165, 1.54) is 0 Å². The topological polar surface area (TPSA) is 76.0 Å². The Balaban J connectivity index is 1.44. The number of hydrogen-bond acceptors (Lipinski definition) is 4. The number of pyridine rings is 1.